The van der Waals surface area contributed by atoms with Crippen molar-refractivity contribution in [3.05, 3.63) is 52.3 Å². The van der Waals surface area contributed by atoms with Crippen LogP contribution < -0.4 is 5.32 Å². The molecule has 0 saturated heterocycles. The number of hydrogen-bond acceptors (Lipinski definition) is 3. The van der Waals surface area contributed by atoms with Gasteiger partial charge in [-0.15, -0.1) is 0 Å². The third-order valence-electron chi connectivity index (χ3n) is 3.52. The third kappa shape index (κ3) is 2.88. The van der Waals surface area contributed by atoms with Crippen LogP contribution in [0.15, 0.2) is 24.5 Å². The van der Waals surface area contributed by atoms with E-state index >= 15 is 0 Å². The van der Waals surface area contributed by atoms with Crippen molar-refractivity contribution >= 4 is 23.2 Å². The number of aromatic nitrogens is 2. The molecule has 0 radical (unpaired) electrons. The lowest BCUT2D eigenvalue weighted by Gasteiger charge is -2.16. The van der Waals surface area contributed by atoms with Crippen LogP contribution in [-0.4, -0.2) is 15.9 Å². The van der Waals surface area contributed by atoms with Gasteiger partial charge in [-0.25, -0.2) is 14.4 Å². The number of anilines is 1. The molecule has 0 unspecified atom stereocenters. The first-order chi connectivity index (χ1) is 10.1. The van der Waals surface area contributed by atoms with Crippen molar-refractivity contribution in [2.75, 3.05) is 5.32 Å². The monoisotopic (exact) mass is 305 g/mol. The van der Waals surface area contributed by atoms with E-state index in [1.165, 1.54) is 24.5 Å². The lowest BCUT2D eigenvalue weighted by atomic mass is 9.94. The number of halogens is 2. The smallest absolute Gasteiger partial charge is 0.274 e. The molecule has 0 saturated carbocycles. The van der Waals surface area contributed by atoms with Crippen LogP contribution in [0.5, 0.6) is 0 Å². The van der Waals surface area contributed by atoms with Gasteiger partial charge in [-0.1, -0.05) is 11.6 Å². The Morgan fingerprint density at radius 3 is 2.86 bits per heavy atom. The molecule has 1 aromatic carbocycles. The Bertz CT molecular complexity index is 705. The second-order valence-corrected chi connectivity index (χ2v) is 5.34. The molecule has 4 nitrogen and oxygen atoms in total. The second-order valence-electron chi connectivity index (χ2n) is 4.94. The maximum absolute atomic E-state index is 13.1. The van der Waals surface area contributed by atoms with Gasteiger partial charge in [-0.2, -0.15) is 0 Å². The normalized spacial score (nSPS) is 13.6. The Labute approximate surface area is 126 Å². The van der Waals surface area contributed by atoms with Crippen molar-refractivity contribution in [1.82, 2.24) is 9.97 Å². The highest BCUT2D eigenvalue weighted by Gasteiger charge is 2.20. The van der Waals surface area contributed by atoms with Gasteiger partial charge in [0.15, 0.2) is 0 Å². The Morgan fingerprint density at radius 1 is 1.24 bits per heavy atom. The highest BCUT2D eigenvalue weighted by atomic mass is 35.5. The van der Waals surface area contributed by atoms with Gasteiger partial charge in [-0.05, 0) is 43.9 Å². The van der Waals surface area contributed by atoms with E-state index in [1.807, 2.05) is 0 Å². The Morgan fingerprint density at radius 2 is 2.05 bits per heavy atom. The van der Waals surface area contributed by atoms with Crippen LogP contribution in [0, 0.1) is 5.82 Å². The van der Waals surface area contributed by atoms with Gasteiger partial charge in [0.2, 0.25) is 0 Å². The number of aryl methyl sites for hydroxylation is 1. The predicted molar refractivity (Wildman–Crippen MR) is 78.0 cm³/mol. The molecule has 1 aromatic heterocycles. The number of hydrogen-bond donors (Lipinski definition) is 1. The van der Waals surface area contributed by atoms with Gasteiger partial charge in [-0.3, -0.25) is 4.79 Å². The van der Waals surface area contributed by atoms with Crippen LogP contribution in [0.25, 0.3) is 0 Å². The molecule has 2 aromatic rings. The van der Waals surface area contributed by atoms with E-state index < -0.39 is 5.82 Å². The molecule has 1 N–H and O–H groups in total. The summed E-state index contributed by atoms with van der Waals surface area (Å²) in [5, 5.41) is 2.67. The van der Waals surface area contributed by atoms with Crippen LogP contribution in [0.3, 0.4) is 0 Å². The number of nitrogens with one attached hydrogen (secondary N) is 1. The lowest BCUT2D eigenvalue weighted by Crippen LogP contribution is -2.20. The zero-order chi connectivity index (χ0) is 14.8. The number of fused-ring (bicyclic) bond motifs is 1. The van der Waals surface area contributed by atoms with E-state index in [4.69, 9.17) is 11.6 Å². The third-order valence-corrected chi connectivity index (χ3v) is 3.81. The fourth-order valence-electron chi connectivity index (χ4n) is 2.48. The maximum Gasteiger partial charge on any atom is 0.274 e. The van der Waals surface area contributed by atoms with Gasteiger partial charge in [0.1, 0.15) is 17.8 Å². The van der Waals surface area contributed by atoms with Gasteiger partial charge in [0, 0.05) is 16.9 Å². The van der Waals surface area contributed by atoms with Gasteiger partial charge < -0.3 is 5.32 Å². The molecule has 108 valence electrons. The fraction of sp³-hybridized carbons (Fsp3) is 0.267. The Kier molecular flexibility index (Phi) is 3.84. The van der Waals surface area contributed by atoms with Crippen molar-refractivity contribution in [2.45, 2.75) is 25.7 Å². The van der Waals surface area contributed by atoms with Gasteiger partial charge >= 0.3 is 0 Å². The fourth-order valence-corrected chi connectivity index (χ4v) is 2.66. The highest BCUT2D eigenvalue weighted by molar-refractivity contribution is 6.31. The minimum absolute atomic E-state index is 0.0301. The number of benzene rings is 1. The standard InChI is InChI=1S/C15H13ClFN3O/c16-11-7-9(5-6-12(11)17)20-15(21)14-10-3-1-2-4-13(10)18-8-19-14/h5-8H,1-4H2,(H,20,21). The van der Waals surface area contributed by atoms with Crippen LogP contribution in [0.1, 0.15) is 34.6 Å². The summed E-state index contributed by atoms with van der Waals surface area (Å²) in [5.41, 5.74) is 2.68. The summed E-state index contributed by atoms with van der Waals surface area (Å²) < 4.78 is 13.1. The quantitative estimate of drug-likeness (QED) is 0.925. The predicted octanol–water partition coefficient (Wildman–Crippen LogP) is 3.40. The SMILES string of the molecule is O=C(Nc1ccc(F)c(Cl)c1)c1ncnc2c1CCCC2. The zero-order valence-electron chi connectivity index (χ0n) is 11.2. The number of carbonyl (C=O) groups excluding carboxylic acids is 1. The van der Waals surface area contributed by atoms with Crippen molar-refractivity contribution in [2.24, 2.45) is 0 Å². The maximum atomic E-state index is 13.1. The summed E-state index contributed by atoms with van der Waals surface area (Å²) >= 11 is 5.71. The summed E-state index contributed by atoms with van der Waals surface area (Å²) in [5.74, 6) is -0.840. The molecule has 0 fully saturated rings. The second kappa shape index (κ2) is 5.77. The summed E-state index contributed by atoms with van der Waals surface area (Å²) in [4.78, 5) is 20.7. The zero-order valence-corrected chi connectivity index (χ0v) is 12.0. The molecule has 6 heteroatoms. The molecule has 1 aliphatic rings. The first kappa shape index (κ1) is 13.9. The molecular formula is C15H13ClFN3O. The highest BCUT2D eigenvalue weighted by Crippen LogP contribution is 2.23. The van der Waals surface area contributed by atoms with E-state index in [2.05, 4.69) is 15.3 Å². The van der Waals surface area contributed by atoms with Crippen molar-refractivity contribution in [3.8, 4) is 0 Å². The molecule has 0 aliphatic heterocycles. The molecule has 1 amide bonds. The van der Waals surface area contributed by atoms with E-state index in [-0.39, 0.29) is 10.9 Å². The summed E-state index contributed by atoms with van der Waals surface area (Å²) in [6.45, 7) is 0. The van der Waals surface area contributed by atoms with Crippen molar-refractivity contribution < 1.29 is 9.18 Å². The average Bonchev–Trinajstić information content (AvgIpc) is 2.50. The molecule has 1 aliphatic carbocycles. The summed E-state index contributed by atoms with van der Waals surface area (Å²) in [6.07, 6.45) is 5.21. The minimum atomic E-state index is -0.519. The van der Waals surface area contributed by atoms with E-state index in [9.17, 15) is 9.18 Å². The van der Waals surface area contributed by atoms with Gasteiger partial charge in [0.05, 0.1) is 5.02 Å². The van der Waals surface area contributed by atoms with Crippen LogP contribution in [0.4, 0.5) is 10.1 Å². The molecule has 0 spiro atoms. The van der Waals surface area contributed by atoms with Crippen LogP contribution in [0.2, 0.25) is 5.02 Å². The average molecular weight is 306 g/mol. The first-order valence-electron chi connectivity index (χ1n) is 6.74. The van der Waals surface area contributed by atoms with E-state index in [0.29, 0.717) is 11.4 Å². The number of carbonyl (C=O) groups is 1. The first-order valence-corrected chi connectivity index (χ1v) is 7.12. The Balaban J connectivity index is 1.87. The molecule has 0 atom stereocenters. The molecular weight excluding hydrogens is 293 g/mol. The molecule has 1 heterocycles. The minimum Gasteiger partial charge on any atom is -0.321 e. The number of amides is 1. The lowest BCUT2D eigenvalue weighted by molar-refractivity contribution is 0.102. The Hall–Kier alpha value is -2.01. The van der Waals surface area contributed by atoms with Gasteiger partial charge in [0.25, 0.3) is 5.91 Å². The molecule has 0 bridgehead atoms. The van der Waals surface area contributed by atoms with E-state index in [0.717, 1.165) is 36.9 Å². The van der Waals surface area contributed by atoms with Crippen LogP contribution in [-0.2, 0) is 12.8 Å². The van der Waals surface area contributed by atoms with Crippen molar-refractivity contribution in [1.29, 1.82) is 0 Å². The summed E-state index contributed by atoms with van der Waals surface area (Å²) in [6, 6.07) is 4.06. The number of nitrogens with zero attached hydrogens (tertiary/aromatic N) is 2. The molecule has 3 rings (SSSR count). The molecule has 21 heavy (non-hydrogen) atoms. The summed E-state index contributed by atoms with van der Waals surface area (Å²) in [7, 11) is 0. The van der Waals surface area contributed by atoms with Crippen molar-refractivity contribution in [3.63, 3.8) is 0 Å². The van der Waals surface area contributed by atoms with E-state index in [1.54, 1.807) is 0 Å². The number of rotatable bonds is 2. The topological polar surface area (TPSA) is 54.9 Å². The largest absolute Gasteiger partial charge is 0.321 e. The van der Waals surface area contributed by atoms with Crippen LogP contribution >= 0.6 is 11.6 Å².